The second-order valence-corrected chi connectivity index (χ2v) is 6.39. The number of halogens is 1. The summed E-state index contributed by atoms with van der Waals surface area (Å²) < 4.78 is 5.24. The Balaban J connectivity index is 1.76. The molecule has 1 saturated heterocycles. The predicted molar refractivity (Wildman–Crippen MR) is 92.6 cm³/mol. The zero-order valence-electron chi connectivity index (χ0n) is 13.5. The number of benzene rings is 1. The number of fused-ring (bicyclic) bond motifs is 1. The molecule has 0 unspecified atom stereocenters. The number of nitrogens with one attached hydrogen (secondary N) is 1. The van der Waals surface area contributed by atoms with Crippen molar-refractivity contribution in [2.45, 2.75) is 32.1 Å². The number of carbonyl (C=O) groups excluding carboxylic acids is 1. The molecule has 24 heavy (non-hydrogen) atoms. The molecule has 1 N–H and O–H groups in total. The molecule has 2 heterocycles. The highest BCUT2D eigenvalue weighted by atomic mass is 35.5. The summed E-state index contributed by atoms with van der Waals surface area (Å²) >= 11 is 6.16. The van der Waals surface area contributed by atoms with Crippen molar-refractivity contribution in [2.24, 2.45) is 0 Å². The number of para-hydroxylation sites is 1. The maximum absolute atomic E-state index is 12.2. The van der Waals surface area contributed by atoms with Gasteiger partial charge in [0.25, 0.3) is 5.56 Å². The molecule has 3 rings (SSSR count). The molecule has 1 atom stereocenters. The molecule has 7 heteroatoms. The third-order valence-electron chi connectivity index (χ3n) is 4.26. The number of aromatic nitrogens is 2. The topological polar surface area (TPSA) is 75.3 Å². The summed E-state index contributed by atoms with van der Waals surface area (Å²) in [6, 6.07) is 5.14. The largest absolute Gasteiger partial charge is 0.449 e. The van der Waals surface area contributed by atoms with Crippen molar-refractivity contribution in [3.8, 4) is 0 Å². The van der Waals surface area contributed by atoms with E-state index >= 15 is 0 Å². The quantitative estimate of drug-likeness (QED) is 0.859. The highest BCUT2D eigenvalue weighted by Gasteiger charge is 2.30. The number of unbranched alkanes of at least 4 members (excludes halogenated alkanes) is 1. The Labute approximate surface area is 144 Å². The Morgan fingerprint density at radius 2 is 2.33 bits per heavy atom. The molecule has 6 nitrogen and oxygen atoms in total. The fraction of sp³-hybridized carbons (Fsp3) is 0.471. The molecule has 1 aliphatic rings. The van der Waals surface area contributed by atoms with Crippen molar-refractivity contribution in [3.63, 3.8) is 0 Å². The number of H-pyrrole nitrogens is 1. The average molecular weight is 350 g/mol. The van der Waals surface area contributed by atoms with Crippen molar-refractivity contribution in [1.29, 1.82) is 0 Å². The summed E-state index contributed by atoms with van der Waals surface area (Å²) in [5.41, 5.74) is 0.295. The molecule has 128 valence electrons. The van der Waals surface area contributed by atoms with E-state index in [0.29, 0.717) is 41.4 Å². The van der Waals surface area contributed by atoms with Crippen molar-refractivity contribution in [3.05, 3.63) is 39.4 Å². The Morgan fingerprint density at radius 1 is 1.50 bits per heavy atom. The molecule has 0 aliphatic carbocycles. The monoisotopic (exact) mass is 349 g/mol. The Bertz CT molecular complexity index is 805. The standard InChI is InChI=1S/C17H20ClN3O3/c1-2-3-9-24-17(23)21-8-7-11(10-21)15-19-14-12(16(22)20-15)5-4-6-13(14)18/h4-6,11H,2-3,7-10H2,1H3,(H,19,20,22)/t11-/m0/s1. The van der Waals surface area contributed by atoms with E-state index in [0.717, 1.165) is 19.3 Å². The van der Waals surface area contributed by atoms with Crippen LogP contribution in [0.25, 0.3) is 10.9 Å². The van der Waals surface area contributed by atoms with Crippen LogP contribution in [0.1, 0.15) is 37.9 Å². The normalized spacial score (nSPS) is 17.4. The Morgan fingerprint density at radius 3 is 3.12 bits per heavy atom. The molecule has 2 aromatic rings. The summed E-state index contributed by atoms with van der Waals surface area (Å²) in [7, 11) is 0. The van der Waals surface area contributed by atoms with E-state index in [4.69, 9.17) is 16.3 Å². The van der Waals surface area contributed by atoms with Gasteiger partial charge in [-0.15, -0.1) is 0 Å². The third kappa shape index (κ3) is 3.38. The number of ether oxygens (including phenoxy) is 1. The van der Waals surface area contributed by atoms with Crippen molar-refractivity contribution >= 4 is 28.6 Å². The fourth-order valence-corrected chi connectivity index (χ4v) is 3.10. The lowest BCUT2D eigenvalue weighted by Gasteiger charge is -2.16. The van der Waals surface area contributed by atoms with Crippen molar-refractivity contribution in [2.75, 3.05) is 19.7 Å². The number of aromatic amines is 1. The minimum absolute atomic E-state index is 0.0166. The van der Waals surface area contributed by atoms with Gasteiger partial charge in [0.1, 0.15) is 5.82 Å². The van der Waals surface area contributed by atoms with Crippen LogP contribution in [-0.4, -0.2) is 40.7 Å². The molecule has 0 bridgehead atoms. The molecular weight excluding hydrogens is 330 g/mol. The fourth-order valence-electron chi connectivity index (χ4n) is 2.88. The SMILES string of the molecule is CCCCOC(=O)N1CC[C@H](c2nc3c(Cl)cccc3c(=O)[nH]2)C1. The first-order valence-electron chi connectivity index (χ1n) is 8.20. The van der Waals surface area contributed by atoms with E-state index in [2.05, 4.69) is 9.97 Å². The summed E-state index contributed by atoms with van der Waals surface area (Å²) in [5, 5.41) is 0.925. The van der Waals surface area contributed by atoms with Crippen LogP contribution < -0.4 is 5.56 Å². The minimum Gasteiger partial charge on any atom is -0.449 e. The van der Waals surface area contributed by atoms with E-state index in [1.807, 2.05) is 6.92 Å². The van der Waals surface area contributed by atoms with Gasteiger partial charge in [0.2, 0.25) is 0 Å². The summed E-state index contributed by atoms with van der Waals surface area (Å²) in [5.74, 6) is 0.557. The first-order valence-corrected chi connectivity index (χ1v) is 8.58. The van der Waals surface area contributed by atoms with Gasteiger partial charge in [0.15, 0.2) is 0 Å². The zero-order valence-corrected chi connectivity index (χ0v) is 14.3. The number of hydrogen-bond donors (Lipinski definition) is 1. The lowest BCUT2D eigenvalue weighted by Crippen LogP contribution is -2.29. The van der Waals surface area contributed by atoms with E-state index in [-0.39, 0.29) is 17.6 Å². The third-order valence-corrected chi connectivity index (χ3v) is 4.57. The van der Waals surface area contributed by atoms with Crippen LogP contribution in [0.3, 0.4) is 0 Å². The molecule has 0 spiro atoms. The van der Waals surface area contributed by atoms with Gasteiger partial charge in [0.05, 0.1) is 22.5 Å². The number of rotatable bonds is 4. The Kier molecular flexibility index (Phi) is 5.04. The summed E-state index contributed by atoms with van der Waals surface area (Å²) in [6.07, 6.45) is 2.29. The molecule has 0 saturated carbocycles. The molecule has 0 radical (unpaired) electrons. The zero-order chi connectivity index (χ0) is 17.1. The van der Waals surface area contributed by atoms with Gasteiger partial charge in [-0.2, -0.15) is 0 Å². The van der Waals surface area contributed by atoms with E-state index in [1.165, 1.54) is 0 Å². The van der Waals surface area contributed by atoms with Gasteiger partial charge in [0, 0.05) is 19.0 Å². The van der Waals surface area contributed by atoms with Crippen LogP contribution in [0.4, 0.5) is 4.79 Å². The van der Waals surface area contributed by atoms with Crippen LogP contribution in [0, 0.1) is 0 Å². The molecular formula is C17H20ClN3O3. The first kappa shape index (κ1) is 16.8. The van der Waals surface area contributed by atoms with E-state index < -0.39 is 0 Å². The van der Waals surface area contributed by atoms with Gasteiger partial charge in [-0.1, -0.05) is 31.0 Å². The summed E-state index contributed by atoms with van der Waals surface area (Å²) in [4.78, 5) is 33.3. The lowest BCUT2D eigenvalue weighted by molar-refractivity contribution is 0.109. The molecule has 1 aromatic carbocycles. The van der Waals surface area contributed by atoms with Gasteiger partial charge in [-0.3, -0.25) is 4.79 Å². The van der Waals surface area contributed by atoms with Crippen LogP contribution in [0.5, 0.6) is 0 Å². The number of hydrogen-bond acceptors (Lipinski definition) is 4. The van der Waals surface area contributed by atoms with Crippen LogP contribution in [-0.2, 0) is 4.74 Å². The smallest absolute Gasteiger partial charge is 0.409 e. The van der Waals surface area contributed by atoms with Crippen LogP contribution in [0.15, 0.2) is 23.0 Å². The van der Waals surface area contributed by atoms with Gasteiger partial charge < -0.3 is 14.6 Å². The highest BCUT2D eigenvalue weighted by molar-refractivity contribution is 6.34. The average Bonchev–Trinajstić information content (AvgIpc) is 3.06. The van der Waals surface area contributed by atoms with Crippen LogP contribution >= 0.6 is 11.6 Å². The van der Waals surface area contributed by atoms with Gasteiger partial charge in [-0.25, -0.2) is 9.78 Å². The van der Waals surface area contributed by atoms with Gasteiger partial charge >= 0.3 is 6.09 Å². The maximum Gasteiger partial charge on any atom is 0.409 e. The van der Waals surface area contributed by atoms with E-state index in [1.54, 1.807) is 23.1 Å². The number of likely N-dealkylation sites (tertiary alicyclic amines) is 1. The molecule has 1 fully saturated rings. The molecule has 1 amide bonds. The number of carbonyl (C=O) groups is 1. The molecule has 1 aromatic heterocycles. The van der Waals surface area contributed by atoms with Crippen molar-refractivity contribution in [1.82, 2.24) is 14.9 Å². The number of amides is 1. The van der Waals surface area contributed by atoms with Crippen LogP contribution in [0.2, 0.25) is 5.02 Å². The minimum atomic E-state index is -0.299. The summed E-state index contributed by atoms with van der Waals surface area (Å²) in [6.45, 7) is 3.58. The second kappa shape index (κ2) is 7.21. The predicted octanol–water partition coefficient (Wildman–Crippen LogP) is 3.30. The first-order chi connectivity index (χ1) is 11.6. The molecule has 1 aliphatic heterocycles. The van der Waals surface area contributed by atoms with Gasteiger partial charge in [-0.05, 0) is 25.0 Å². The van der Waals surface area contributed by atoms with E-state index in [9.17, 15) is 9.59 Å². The Hall–Kier alpha value is -2.08. The highest BCUT2D eigenvalue weighted by Crippen LogP contribution is 2.27. The van der Waals surface area contributed by atoms with Crippen molar-refractivity contribution < 1.29 is 9.53 Å². The lowest BCUT2D eigenvalue weighted by atomic mass is 10.1. The maximum atomic E-state index is 12.2. The second-order valence-electron chi connectivity index (χ2n) is 5.99. The number of nitrogens with zero attached hydrogens (tertiary/aromatic N) is 2.